The van der Waals surface area contributed by atoms with Crippen molar-refractivity contribution < 1.29 is 4.79 Å². The van der Waals surface area contributed by atoms with Gasteiger partial charge in [0.2, 0.25) is 0 Å². The first-order chi connectivity index (χ1) is 12.0. The van der Waals surface area contributed by atoms with E-state index >= 15 is 0 Å². The van der Waals surface area contributed by atoms with E-state index in [4.69, 9.17) is 0 Å². The number of hydrogen-bond donors (Lipinski definition) is 1. The maximum Gasteiger partial charge on any atom is 0.257 e. The standard InChI is InChI=1S/C21H21N3O/c1-15-19(13-14-20(22-15)16-7-5-4-6-8-16)21(25)23-17-9-11-18(12-10-17)24(2)3/h4-14H,1-3H3,(H,23,25). The molecule has 0 saturated heterocycles. The molecule has 0 aliphatic carbocycles. The van der Waals surface area contributed by atoms with Gasteiger partial charge in [0.05, 0.1) is 17.0 Å². The molecule has 25 heavy (non-hydrogen) atoms. The van der Waals surface area contributed by atoms with Crippen LogP contribution >= 0.6 is 0 Å². The number of nitrogens with zero attached hydrogens (tertiary/aromatic N) is 2. The Morgan fingerprint density at radius 2 is 1.60 bits per heavy atom. The highest BCUT2D eigenvalue weighted by Gasteiger charge is 2.12. The Kier molecular flexibility index (Phi) is 4.80. The number of hydrogen-bond acceptors (Lipinski definition) is 3. The van der Waals surface area contributed by atoms with Gasteiger partial charge in [-0.15, -0.1) is 0 Å². The number of carbonyl (C=O) groups is 1. The number of carbonyl (C=O) groups excluding carboxylic acids is 1. The third-order valence-corrected chi connectivity index (χ3v) is 4.04. The lowest BCUT2D eigenvalue weighted by molar-refractivity contribution is 0.102. The number of amides is 1. The van der Waals surface area contributed by atoms with E-state index in [0.29, 0.717) is 11.3 Å². The molecule has 1 aromatic heterocycles. The van der Waals surface area contributed by atoms with Gasteiger partial charge in [-0.3, -0.25) is 9.78 Å². The van der Waals surface area contributed by atoms with Gasteiger partial charge < -0.3 is 10.2 Å². The normalized spacial score (nSPS) is 10.4. The van der Waals surface area contributed by atoms with E-state index in [0.717, 1.165) is 22.6 Å². The predicted octanol–water partition coefficient (Wildman–Crippen LogP) is 4.38. The summed E-state index contributed by atoms with van der Waals surface area (Å²) < 4.78 is 0. The molecule has 3 rings (SSSR count). The highest BCUT2D eigenvalue weighted by Crippen LogP contribution is 2.20. The van der Waals surface area contributed by atoms with Gasteiger partial charge in [0.15, 0.2) is 0 Å². The molecule has 1 N–H and O–H groups in total. The minimum absolute atomic E-state index is 0.151. The van der Waals surface area contributed by atoms with E-state index < -0.39 is 0 Å². The van der Waals surface area contributed by atoms with Gasteiger partial charge in [-0.25, -0.2) is 0 Å². The summed E-state index contributed by atoms with van der Waals surface area (Å²) in [6.45, 7) is 1.86. The minimum Gasteiger partial charge on any atom is -0.378 e. The molecule has 2 aromatic carbocycles. The lowest BCUT2D eigenvalue weighted by Crippen LogP contribution is -2.14. The SMILES string of the molecule is Cc1nc(-c2ccccc2)ccc1C(=O)Nc1ccc(N(C)C)cc1. The van der Waals surface area contributed by atoms with E-state index in [1.165, 1.54) is 0 Å². The van der Waals surface area contributed by atoms with E-state index in [2.05, 4.69) is 10.3 Å². The lowest BCUT2D eigenvalue weighted by Gasteiger charge is -2.13. The zero-order valence-corrected chi connectivity index (χ0v) is 14.7. The molecule has 0 aliphatic heterocycles. The fraction of sp³-hybridized carbons (Fsp3) is 0.143. The maximum absolute atomic E-state index is 12.5. The van der Waals surface area contributed by atoms with Gasteiger partial charge in [0, 0.05) is 31.0 Å². The number of rotatable bonds is 4. The molecule has 126 valence electrons. The van der Waals surface area contributed by atoms with Crippen molar-refractivity contribution in [2.24, 2.45) is 0 Å². The van der Waals surface area contributed by atoms with Gasteiger partial charge in [-0.05, 0) is 43.3 Å². The highest BCUT2D eigenvalue weighted by molar-refractivity contribution is 6.05. The highest BCUT2D eigenvalue weighted by atomic mass is 16.1. The Labute approximate surface area is 148 Å². The molecule has 4 nitrogen and oxygen atoms in total. The topological polar surface area (TPSA) is 45.2 Å². The molecule has 0 spiro atoms. The molecule has 0 atom stereocenters. The number of pyridine rings is 1. The number of aryl methyl sites for hydroxylation is 1. The van der Waals surface area contributed by atoms with Crippen molar-refractivity contribution in [1.29, 1.82) is 0 Å². The second-order valence-corrected chi connectivity index (χ2v) is 6.09. The summed E-state index contributed by atoms with van der Waals surface area (Å²) in [7, 11) is 3.97. The third kappa shape index (κ3) is 3.86. The van der Waals surface area contributed by atoms with Crippen molar-refractivity contribution in [3.8, 4) is 11.3 Å². The number of benzene rings is 2. The van der Waals surface area contributed by atoms with Crippen LogP contribution in [0.15, 0.2) is 66.7 Å². The van der Waals surface area contributed by atoms with Crippen LogP contribution in [0.5, 0.6) is 0 Å². The van der Waals surface area contributed by atoms with Crippen LogP contribution < -0.4 is 10.2 Å². The zero-order chi connectivity index (χ0) is 17.8. The molecule has 0 fully saturated rings. The second kappa shape index (κ2) is 7.18. The molecule has 0 bridgehead atoms. The smallest absolute Gasteiger partial charge is 0.257 e. The van der Waals surface area contributed by atoms with E-state index in [-0.39, 0.29) is 5.91 Å². The van der Waals surface area contributed by atoms with Gasteiger partial charge in [0.25, 0.3) is 5.91 Å². The Morgan fingerprint density at radius 3 is 2.20 bits per heavy atom. The molecule has 1 heterocycles. The number of nitrogens with one attached hydrogen (secondary N) is 1. The summed E-state index contributed by atoms with van der Waals surface area (Å²) >= 11 is 0. The predicted molar refractivity (Wildman–Crippen MR) is 103 cm³/mol. The van der Waals surface area contributed by atoms with Crippen molar-refractivity contribution >= 4 is 17.3 Å². The third-order valence-electron chi connectivity index (χ3n) is 4.04. The second-order valence-electron chi connectivity index (χ2n) is 6.09. The van der Waals surface area contributed by atoms with Crippen LogP contribution in [0.25, 0.3) is 11.3 Å². The first-order valence-corrected chi connectivity index (χ1v) is 8.16. The molecular weight excluding hydrogens is 310 g/mol. The average Bonchev–Trinajstić information content (AvgIpc) is 2.62. The van der Waals surface area contributed by atoms with Crippen molar-refractivity contribution in [2.45, 2.75) is 6.92 Å². The quantitative estimate of drug-likeness (QED) is 0.772. The van der Waals surface area contributed by atoms with Crippen molar-refractivity contribution in [3.63, 3.8) is 0 Å². The van der Waals surface area contributed by atoms with Crippen LogP contribution in [0.3, 0.4) is 0 Å². The Balaban J connectivity index is 1.78. The van der Waals surface area contributed by atoms with E-state index in [9.17, 15) is 4.79 Å². The summed E-state index contributed by atoms with van der Waals surface area (Å²) in [4.78, 5) is 19.1. The van der Waals surface area contributed by atoms with Gasteiger partial charge in [-0.1, -0.05) is 30.3 Å². The summed E-state index contributed by atoms with van der Waals surface area (Å²) in [5.74, 6) is -0.151. The van der Waals surface area contributed by atoms with Crippen LogP contribution in [0, 0.1) is 6.92 Å². The number of aromatic nitrogens is 1. The molecule has 0 radical (unpaired) electrons. The molecule has 4 heteroatoms. The van der Waals surface area contributed by atoms with Gasteiger partial charge in [-0.2, -0.15) is 0 Å². The fourth-order valence-corrected chi connectivity index (χ4v) is 2.61. The van der Waals surface area contributed by atoms with E-state index in [1.807, 2.05) is 92.6 Å². The van der Waals surface area contributed by atoms with Gasteiger partial charge in [0.1, 0.15) is 0 Å². The van der Waals surface area contributed by atoms with Crippen molar-refractivity contribution in [3.05, 3.63) is 78.0 Å². The number of anilines is 2. The average molecular weight is 331 g/mol. The Bertz CT molecular complexity index is 871. The molecule has 0 unspecified atom stereocenters. The first-order valence-electron chi connectivity index (χ1n) is 8.16. The van der Waals surface area contributed by atoms with Crippen LogP contribution in [-0.2, 0) is 0 Å². The monoisotopic (exact) mass is 331 g/mol. The van der Waals surface area contributed by atoms with Crippen molar-refractivity contribution in [1.82, 2.24) is 4.98 Å². The zero-order valence-electron chi connectivity index (χ0n) is 14.7. The van der Waals surface area contributed by atoms with Crippen LogP contribution in [-0.4, -0.2) is 25.0 Å². The van der Waals surface area contributed by atoms with Crippen LogP contribution in [0.2, 0.25) is 0 Å². The first kappa shape index (κ1) is 16.7. The van der Waals surface area contributed by atoms with E-state index in [1.54, 1.807) is 0 Å². The fourth-order valence-electron chi connectivity index (χ4n) is 2.61. The van der Waals surface area contributed by atoms with Crippen LogP contribution in [0.4, 0.5) is 11.4 Å². The summed E-state index contributed by atoms with van der Waals surface area (Å²) in [5.41, 5.74) is 5.05. The molecule has 0 aliphatic rings. The molecular formula is C21H21N3O. The minimum atomic E-state index is -0.151. The molecule has 3 aromatic rings. The maximum atomic E-state index is 12.5. The molecule has 0 saturated carbocycles. The summed E-state index contributed by atoms with van der Waals surface area (Å²) in [6.07, 6.45) is 0. The summed E-state index contributed by atoms with van der Waals surface area (Å²) in [6, 6.07) is 21.4. The Hall–Kier alpha value is -3.14. The van der Waals surface area contributed by atoms with Crippen molar-refractivity contribution in [2.75, 3.05) is 24.3 Å². The van der Waals surface area contributed by atoms with Gasteiger partial charge >= 0.3 is 0 Å². The lowest BCUT2D eigenvalue weighted by atomic mass is 10.1. The summed E-state index contributed by atoms with van der Waals surface area (Å²) in [5, 5.41) is 2.93. The largest absolute Gasteiger partial charge is 0.378 e. The Morgan fingerprint density at radius 1 is 0.920 bits per heavy atom. The molecule has 1 amide bonds. The van der Waals surface area contributed by atoms with Crippen LogP contribution in [0.1, 0.15) is 16.1 Å².